The highest BCUT2D eigenvalue weighted by atomic mass is 32.2. The average Bonchev–Trinajstić information content (AvgIpc) is 3.01. The Morgan fingerprint density at radius 2 is 1.11 bits per heavy atom. The second-order valence-electron chi connectivity index (χ2n) is 4.91. The molecule has 4 rings (SSSR count). The first-order valence-corrected chi connectivity index (χ1v) is 8.34. The third kappa shape index (κ3) is 1.63. The second-order valence-corrected chi connectivity index (χ2v) is 7.03. The summed E-state index contributed by atoms with van der Waals surface area (Å²) in [5.41, 5.74) is 3.15. The summed E-state index contributed by atoms with van der Waals surface area (Å²) >= 11 is 4.06. The van der Waals surface area contributed by atoms with Gasteiger partial charge in [-0.3, -0.25) is 0 Å². The Balaban J connectivity index is 1.75. The largest absolute Gasteiger partial charge is 0.125 e. The predicted molar refractivity (Wildman–Crippen MR) is 79.8 cm³/mol. The Labute approximate surface area is 116 Å². The molecule has 0 bridgehead atoms. The van der Waals surface area contributed by atoms with Crippen LogP contribution in [0.2, 0.25) is 0 Å². The zero-order valence-electron chi connectivity index (χ0n) is 10.0. The molecule has 2 aliphatic rings. The Bertz CT molecular complexity index is 538. The van der Waals surface area contributed by atoms with E-state index >= 15 is 0 Å². The van der Waals surface area contributed by atoms with Gasteiger partial charge in [-0.1, -0.05) is 36.4 Å². The highest BCUT2D eigenvalue weighted by molar-refractivity contribution is 8.00. The minimum Gasteiger partial charge on any atom is -0.125 e. The van der Waals surface area contributed by atoms with Crippen molar-refractivity contribution >= 4 is 23.5 Å². The average molecular weight is 270 g/mol. The summed E-state index contributed by atoms with van der Waals surface area (Å²) in [4.78, 5) is 2.99. The molecule has 0 N–H and O–H groups in total. The topological polar surface area (TPSA) is 0 Å². The predicted octanol–water partition coefficient (Wildman–Crippen LogP) is 4.77. The lowest BCUT2D eigenvalue weighted by molar-refractivity contribution is 0.644. The van der Waals surface area contributed by atoms with Crippen LogP contribution in [0, 0.1) is 0 Å². The van der Waals surface area contributed by atoms with E-state index in [1.807, 2.05) is 23.5 Å². The van der Waals surface area contributed by atoms with E-state index in [-0.39, 0.29) is 0 Å². The maximum absolute atomic E-state index is 2.33. The van der Waals surface area contributed by atoms with Crippen molar-refractivity contribution < 1.29 is 0 Å². The van der Waals surface area contributed by atoms with E-state index in [0.717, 1.165) is 0 Å². The number of hydrogen-bond acceptors (Lipinski definition) is 2. The van der Waals surface area contributed by atoms with Crippen LogP contribution in [-0.4, -0.2) is 11.5 Å². The Kier molecular flexibility index (Phi) is 2.66. The van der Waals surface area contributed by atoms with Gasteiger partial charge in [-0.05, 0) is 23.3 Å². The molecule has 0 saturated carbocycles. The summed E-state index contributed by atoms with van der Waals surface area (Å²) in [7, 11) is 0. The molecule has 2 atom stereocenters. The van der Waals surface area contributed by atoms with Gasteiger partial charge in [-0.15, -0.1) is 23.5 Å². The summed E-state index contributed by atoms with van der Waals surface area (Å²) in [6.45, 7) is 0. The zero-order valence-corrected chi connectivity index (χ0v) is 11.6. The van der Waals surface area contributed by atoms with Gasteiger partial charge in [0, 0.05) is 33.1 Å². The molecule has 18 heavy (non-hydrogen) atoms. The minimum atomic E-state index is 0.711. The van der Waals surface area contributed by atoms with Crippen molar-refractivity contribution in [3.05, 3.63) is 59.7 Å². The molecule has 0 aromatic heterocycles. The molecule has 2 aliphatic heterocycles. The molecule has 0 spiro atoms. The van der Waals surface area contributed by atoms with Gasteiger partial charge in [0.25, 0.3) is 0 Å². The molecule has 90 valence electrons. The number of hydrogen-bond donors (Lipinski definition) is 0. The molecular formula is C16H14S2. The quantitative estimate of drug-likeness (QED) is 0.732. The van der Waals surface area contributed by atoms with E-state index < -0.39 is 0 Å². The lowest BCUT2D eigenvalue weighted by Gasteiger charge is -2.19. The van der Waals surface area contributed by atoms with E-state index in [2.05, 4.69) is 48.5 Å². The van der Waals surface area contributed by atoms with Crippen LogP contribution in [0.25, 0.3) is 0 Å². The molecule has 0 nitrogen and oxygen atoms in total. The van der Waals surface area contributed by atoms with Crippen LogP contribution in [0.3, 0.4) is 0 Å². The van der Waals surface area contributed by atoms with Crippen LogP contribution in [0.1, 0.15) is 23.0 Å². The summed E-state index contributed by atoms with van der Waals surface area (Å²) in [5, 5.41) is 0. The van der Waals surface area contributed by atoms with Gasteiger partial charge < -0.3 is 0 Å². The van der Waals surface area contributed by atoms with Gasteiger partial charge >= 0.3 is 0 Å². The van der Waals surface area contributed by atoms with Gasteiger partial charge in [0.15, 0.2) is 0 Å². The van der Waals surface area contributed by atoms with Crippen molar-refractivity contribution in [2.75, 3.05) is 11.5 Å². The minimum absolute atomic E-state index is 0.711. The van der Waals surface area contributed by atoms with Crippen LogP contribution in [0.5, 0.6) is 0 Å². The molecular weight excluding hydrogens is 256 g/mol. The van der Waals surface area contributed by atoms with Crippen LogP contribution in [-0.2, 0) is 0 Å². The SMILES string of the molecule is c1ccc2c(c1)SCC2C1CSc2ccccc21. The second kappa shape index (κ2) is 4.36. The van der Waals surface area contributed by atoms with E-state index in [9.17, 15) is 0 Å². The third-order valence-corrected chi connectivity index (χ3v) is 6.38. The number of thioether (sulfide) groups is 2. The Morgan fingerprint density at radius 3 is 1.61 bits per heavy atom. The van der Waals surface area contributed by atoms with Crippen molar-refractivity contribution in [1.82, 2.24) is 0 Å². The van der Waals surface area contributed by atoms with Crippen molar-refractivity contribution in [3.63, 3.8) is 0 Å². The van der Waals surface area contributed by atoms with Crippen LogP contribution >= 0.6 is 23.5 Å². The fraction of sp³-hybridized carbons (Fsp3) is 0.250. The number of fused-ring (bicyclic) bond motifs is 2. The highest BCUT2D eigenvalue weighted by Gasteiger charge is 2.35. The summed E-state index contributed by atoms with van der Waals surface area (Å²) in [6.07, 6.45) is 0. The van der Waals surface area contributed by atoms with Crippen molar-refractivity contribution in [2.45, 2.75) is 21.6 Å². The fourth-order valence-corrected chi connectivity index (χ4v) is 5.70. The van der Waals surface area contributed by atoms with E-state index in [1.54, 1.807) is 11.1 Å². The number of benzene rings is 2. The molecule has 0 aliphatic carbocycles. The summed E-state index contributed by atoms with van der Waals surface area (Å²) in [6, 6.07) is 17.9. The maximum Gasteiger partial charge on any atom is 0.0108 e. The molecule has 2 heteroatoms. The highest BCUT2D eigenvalue weighted by Crippen LogP contribution is 2.52. The molecule has 0 radical (unpaired) electrons. The first-order chi connectivity index (χ1) is 8.93. The molecule has 2 unspecified atom stereocenters. The standard InChI is InChI=1S/C16H14S2/c1-3-7-15-11(5-1)13(9-17-15)14-10-18-16-8-4-2-6-12(14)16/h1-8,13-14H,9-10H2. The summed E-state index contributed by atoms with van der Waals surface area (Å²) in [5.74, 6) is 3.92. The lowest BCUT2D eigenvalue weighted by Crippen LogP contribution is -2.10. The van der Waals surface area contributed by atoms with Gasteiger partial charge in [0.2, 0.25) is 0 Å². The third-order valence-electron chi connectivity index (χ3n) is 3.96. The zero-order chi connectivity index (χ0) is 11.9. The monoisotopic (exact) mass is 270 g/mol. The van der Waals surface area contributed by atoms with Crippen LogP contribution in [0.4, 0.5) is 0 Å². The van der Waals surface area contributed by atoms with E-state index in [0.29, 0.717) is 11.8 Å². The van der Waals surface area contributed by atoms with Crippen molar-refractivity contribution in [3.8, 4) is 0 Å². The molecule has 0 saturated heterocycles. The molecule has 2 aromatic carbocycles. The number of rotatable bonds is 1. The molecule has 0 amide bonds. The maximum atomic E-state index is 2.33. The first kappa shape index (κ1) is 11.0. The van der Waals surface area contributed by atoms with Gasteiger partial charge in [0.1, 0.15) is 0 Å². The smallest absolute Gasteiger partial charge is 0.0108 e. The van der Waals surface area contributed by atoms with Crippen molar-refractivity contribution in [2.24, 2.45) is 0 Å². The molecule has 2 heterocycles. The fourth-order valence-electron chi connectivity index (χ4n) is 3.04. The summed E-state index contributed by atoms with van der Waals surface area (Å²) < 4.78 is 0. The first-order valence-electron chi connectivity index (χ1n) is 6.37. The normalized spacial score (nSPS) is 24.9. The Morgan fingerprint density at radius 1 is 0.667 bits per heavy atom. The van der Waals surface area contributed by atoms with Gasteiger partial charge in [-0.2, -0.15) is 0 Å². The molecule has 2 aromatic rings. The van der Waals surface area contributed by atoms with E-state index in [1.165, 1.54) is 21.3 Å². The van der Waals surface area contributed by atoms with Crippen LogP contribution < -0.4 is 0 Å². The lowest BCUT2D eigenvalue weighted by atomic mass is 9.84. The molecule has 0 fully saturated rings. The van der Waals surface area contributed by atoms with Gasteiger partial charge in [-0.25, -0.2) is 0 Å². The Hall–Kier alpha value is -0.860. The van der Waals surface area contributed by atoms with Gasteiger partial charge in [0.05, 0.1) is 0 Å². The van der Waals surface area contributed by atoms with Crippen LogP contribution in [0.15, 0.2) is 58.3 Å². The van der Waals surface area contributed by atoms with E-state index in [4.69, 9.17) is 0 Å². The van der Waals surface area contributed by atoms with Crippen molar-refractivity contribution in [1.29, 1.82) is 0 Å².